The second kappa shape index (κ2) is 10.0. The second-order valence-corrected chi connectivity index (χ2v) is 8.16. The molecule has 1 N–H and O–H groups in total. The molecule has 0 saturated heterocycles. The van der Waals surface area contributed by atoms with E-state index in [1.807, 2.05) is 18.2 Å². The third-order valence-corrected chi connectivity index (χ3v) is 5.75. The highest BCUT2D eigenvalue weighted by atomic mass is 35.5. The van der Waals surface area contributed by atoms with Gasteiger partial charge in [0.25, 0.3) is 0 Å². The second-order valence-electron chi connectivity index (χ2n) is 6.78. The van der Waals surface area contributed by atoms with Crippen molar-refractivity contribution in [3.63, 3.8) is 0 Å². The Kier molecular flexibility index (Phi) is 6.90. The number of hydrogen-bond acceptors (Lipinski definition) is 5. The topological polar surface area (TPSA) is 69.0 Å². The predicted octanol–water partition coefficient (Wildman–Crippen LogP) is 5.61. The van der Waals surface area contributed by atoms with Crippen LogP contribution in [-0.2, 0) is 4.79 Å². The Morgan fingerprint density at radius 3 is 2.61 bits per heavy atom. The number of aromatic nitrogens is 3. The summed E-state index contributed by atoms with van der Waals surface area (Å²) in [4.78, 5) is 12.6. The van der Waals surface area contributed by atoms with Gasteiger partial charge >= 0.3 is 0 Å². The Hall–Kier alpha value is -3.43. The molecule has 168 valence electrons. The van der Waals surface area contributed by atoms with Gasteiger partial charge in [0.15, 0.2) is 11.0 Å². The smallest absolute Gasteiger partial charge is 0.234 e. The first-order valence-electron chi connectivity index (χ1n) is 9.68. The molecule has 1 amide bonds. The van der Waals surface area contributed by atoms with E-state index in [2.05, 4.69) is 15.5 Å². The molecule has 10 heteroatoms. The zero-order valence-electron chi connectivity index (χ0n) is 17.3. The van der Waals surface area contributed by atoms with E-state index >= 15 is 0 Å². The fourth-order valence-electron chi connectivity index (χ4n) is 3.11. The number of ether oxygens (including phenoxy) is 1. The molecule has 6 nitrogen and oxygen atoms in total. The predicted molar refractivity (Wildman–Crippen MR) is 124 cm³/mol. The van der Waals surface area contributed by atoms with Crippen molar-refractivity contribution in [1.29, 1.82) is 0 Å². The SMILES string of the molecule is COc1ccc(Cl)cc1NC(=O)CSc1nnc(-c2ccccc2)n1-c1ccc(F)cc1F. The van der Waals surface area contributed by atoms with Gasteiger partial charge in [0, 0.05) is 16.7 Å². The van der Waals surface area contributed by atoms with E-state index in [4.69, 9.17) is 16.3 Å². The summed E-state index contributed by atoms with van der Waals surface area (Å²) >= 11 is 7.07. The van der Waals surface area contributed by atoms with Crippen LogP contribution in [0.2, 0.25) is 5.02 Å². The van der Waals surface area contributed by atoms with Gasteiger partial charge < -0.3 is 10.1 Å². The minimum Gasteiger partial charge on any atom is -0.495 e. The molecule has 4 aromatic rings. The number of nitrogens with zero attached hydrogens (tertiary/aromatic N) is 3. The normalized spacial score (nSPS) is 10.8. The van der Waals surface area contributed by atoms with Crippen molar-refractivity contribution in [2.75, 3.05) is 18.2 Å². The number of hydrogen-bond donors (Lipinski definition) is 1. The van der Waals surface area contributed by atoms with Crippen molar-refractivity contribution in [3.05, 3.63) is 83.4 Å². The van der Waals surface area contributed by atoms with Crippen LogP contribution in [-0.4, -0.2) is 33.5 Å². The molecule has 1 aromatic heterocycles. The third kappa shape index (κ3) is 5.15. The van der Waals surface area contributed by atoms with Crippen molar-refractivity contribution in [1.82, 2.24) is 14.8 Å². The Morgan fingerprint density at radius 2 is 1.88 bits per heavy atom. The highest BCUT2D eigenvalue weighted by molar-refractivity contribution is 7.99. The zero-order valence-corrected chi connectivity index (χ0v) is 18.8. The van der Waals surface area contributed by atoms with Crippen molar-refractivity contribution >= 4 is 35.0 Å². The summed E-state index contributed by atoms with van der Waals surface area (Å²) in [6.07, 6.45) is 0. The fraction of sp³-hybridized carbons (Fsp3) is 0.0870. The number of anilines is 1. The summed E-state index contributed by atoms with van der Waals surface area (Å²) in [7, 11) is 1.48. The van der Waals surface area contributed by atoms with Gasteiger partial charge in [0.1, 0.15) is 17.4 Å². The molecule has 1 heterocycles. The van der Waals surface area contributed by atoms with Crippen LogP contribution in [0.3, 0.4) is 0 Å². The number of halogens is 3. The molecule has 0 aliphatic heterocycles. The molecular weight excluding hydrogens is 470 g/mol. The van der Waals surface area contributed by atoms with Gasteiger partial charge in [-0.05, 0) is 30.3 Å². The van der Waals surface area contributed by atoms with E-state index in [1.54, 1.807) is 30.3 Å². The minimum atomic E-state index is -0.776. The van der Waals surface area contributed by atoms with Gasteiger partial charge in [-0.15, -0.1) is 10.2 Å². The van der Waals surface area contributed by atoms with Gasteiger partial charge in [0.05, 0.1) is 24.2 Å². The quantitative estimate of drug-likeness (QED) is 0.344. The molecule has 0 aliphatic rings. The molecule has 0 radical (unpaired) electrons. The lowest BCUT2D eigenvalue weighted by atomic mass is 10.2. The number of amides is 1. The minimum absolute atomic E-state index is 0.0502. The number of benzene rings is 3. The number of thioether (sulfide) groups is 1. The van der Waals surface area contributed by atoms with Crippen molar-refractivity contribution in [2.45, 2.75) is 5.16 Å². The zero-order chi connectivity index (χ0) is 23.4. The maximum atomic E-state index is 14.7. The summed E-state index contributed by atoms with van der Waals surface area (Å²) in [6, 6.07) is 17.2. The van der Waals surface area contributed by atoms with Crippen LogP contribution in [0, 0.1) is 11.6 Å². The van der Waals surface area contributed by atoms with Gasteiger partial charge in [-0.25, -0.2) is 8.78 Å². The van der Waals surface area contributed by atoms with Gasteiger partial charge in [-0.1, -0.05) is 53.7 Å². The van der Waals surface area contributed by atoms with Gasteiger partial charge in [0.2, 0.25) is 5.91 Å². The van der Waals surface area contributed by atoms with Crippen LogP contribution < -0.4 is 10.1 Å². The first-order chi connectivity index (χ1) is 16.0. The average Bonchev–Trinajstić information content (AvgIpc) is 3.22. The summed E-state index contributed by atoms with van der Waals surface area (Å²) in [6.45, 7) is 0. The standard InChI is InChI=1S/C23H17ClF2N4O2S/c1-32-20-10-7-15(24)11-18(20)27-21(31)13-33-23-29-28-22(14-5-3-2-4-6-14)30(23)19-9-8-16(25)12-17(19)26/h2-12H,13H2,1H3,(H,27,31). The highest BCUT2D eigenvalue weighted by Gasteiger charge is 2.20. The number of rotatable bonds is 7. The largest absolute Gasteiger partial charge is 0.495 e. The molecule has 0 fully saturated rings. The number of methoxy groups -OCH3 is 1. The first-order valence-corrected chi connectivity index (χ1v) is 11.0. The van der Waals surface area contributed by atoms with Crippen molar-refractivity contribution < 1.29 is 18.3 Å². The van der Waals surface area contributed by atoms with Crippen LogP contribution in [0.1, 0.15) is 0 Å². The molecule has 3 aromatic carbocycles. The van der Waals surface area contributed by atoms with E-state index in [9.17, 15) is 13.6 Å². The first kappa shape index (κ1) is 22.8. The molecule has 0 saturated carbocycles. The Morgan fingerprint density at radius 1 is 1.09 bits per heavy atom. The molecule has 4 rings (SSSR count). The van der Waals surface area contributed by atoms with E-state index in [0.717, 1.165) is 23.9 Å². The lowest BCUT2D eigenvalue weighted by molar-refractivity contribution is -0.113. The van der Waals surface area contributed by atoms with Gasteiger partial charge in [-0.3, -0.25) is 9.36 Å². The number of carbonyl (C=O) groups excluding carboxylic acids is 1. The highest BCUT2D eigenvalue weighted by Crippen LogP contribution is 2.31. The monoisotopic (exact) mass is 486 g/mol. The van der Waals surface area contributed by atoms with E-state index in [0.29, 0.717) is 27.8 Å². The Labute approximate surface area is 197 Å². The molecule has 0 unspecified atom stereocenters. The van der Waals surface area contributed by atoms with Crippen molar-refractivity contribution in [2.24, 2.45) is 0 Å². The number of carbonyl (C=O) groups is 1. The fourth-order valence-corrected chi connectivity index (χ4v) is 4.03. The summed E-state index contributed by atoms with van der Waals surface area (Å²) < 4.78 is 34.9. The van der Waals surface area contributed by atoms with E-state index < -0.39 is 11.6 Å². The molecular formula is C23H17ClF2N4O2S. The average molecular weight is 487 g/mol. The molecule has 33 heavy (non-hydrogen) atoms. The summed E-state index contributed by atoms with van der Waals surface area (Å²) in [5.74, 6) is -1.06. The van der Waals surface area contributed by atoms with Crippen LogP contribution in [0.15, 0.2) is 71.9 Å². The molecule has 0 bridgehead atoms. The Bertz CT molecular complexity index is 1300. The van der Waals surface area contributed by atoms with Gasteiger partial charge in [-0.2, -0.15) is 0 Å². The van der Waals surface area contributed by atoms with Crippen LogP contribution in [0.5, 0.6) is 5.75 Å². The lowest BCUT2D eigenvalue weighted by Crippen LogP contribution is -2.15. The Balaban J connectivity index is 1.62. The summed E-state index contributed by atoms with van der Waals surface area (Å²) in [5, 5.41) is 11.8. The van der Waals surface area contributed by atoms with E-state index in [1.165, 1.54) is 17.7 Å². The van der Waals surface area contributed by atoms with E-state index in [-0.39, 0.29) is 22.5 Å². The molecule has 0 spiro atoms. The maximum Gasteiger partial charge on any atom is 0.234 e. The third-order valence-electron chi connectivity index (χ3n) is 4.58. The molecule has 0 atom stereocenters. The van der Waals surface area contributed by atoms with Crippen molar-refractivity contribution in [3.8, 4) is 22.8 Å². The lowest BCUT2D eigenvalue weighted by Gasteiger charge is -2.12. The van der Waals surface area contributed by atoms with Crippen LogP contribution in [0.4, 0.5) is 14.5 Å². The summed E-state index contributed by atoms with van der Waals surface area (Å²) in [5.41, 5.74) is 1.18. The molecule has 0 aliphatic carbocycles. The number of nitrogens with one attached hydrogen (secondary N) is 1. The van der Waals surface area contributed by atoms with Crippen LogP contribution >= 0.6 is 23.4 Å². The maximum absolute atomic E-state index is 14.7. The van der Waals surface area contributed by atoms with Crippen LogP contribution in [0.25, 0.3) is 17.1 Å².